The minimum Gasteiger partial charge on any atom is -0.445 e. The second-order valence-corrected chi connectivity index (χ2v) is 10.6. The Balaban J connectivity index is 1.39. The van der Waals surface area contributed by atoms with Gasteiger partial charge in [0.05, 0.1) is 36.8 Å². The third-order valence-corrected chi connectivity index (χ3v) is 7.58. The van der Waals surface area contributed by atoms with Gasteiger partial charge in [-0.3, -0.25) is 0 Å². The van der Waals surface area contributed by atoms with Crippen molar-refractivity contribution in [3.05, 3.63) is 65.6 Å². The molecule has 2 fully saturated rings. The molecule has 1 unspecified atom stereocenters. The van der Waals surface area contributed by atoms with Gasteiger partial charge in [-0.25, -0.2) is 27.9 Å². The first kappa shape index (κ1) is 27.8. The molecule has 3 atom stereocenters. The Morgan fingerprint density at radius 3 is 2.67 bits per heavy atom. The largest absolute Gasteiger partial charge is 0.445 e. The number of rotatable bonds is 9. The van der Waals surface area contributed by atoms with Crippen LogP contribution in [0.25, 0.3) is 5.65 Å². The molecule has 1 saturated carbocycles. The van der Waals surface area contributed by atoms with Crippen molar-refractivity contribution in [2.24, 2.45) is 5.92 Å². The molecular weight excluding hydrogens is 522 g/mol. The van der Waals surface area contributed by atoms with Gasteiger partial charge in [-0.05, 0) is 37.3 Å². The van der Waals surface area contributed by atoms with Crippen molar-refractivity contribution >= 4 is 17.8 Å². The fourth-order valence-corrected chi connectivity index (χ4v) is 5.47. The number of amides is 3. The molecule has 1 aliphatic heterocycles. The summed E-state index contributed by atoms with van der Waals surface area (Å²) in [6.07, 6.45) is 2.69. The summed E-state index contributed by atoms with van der Waals surface area (Å²) in [5, 5.41) is 10.3. The Labute approximate surface area is 231 Å². The number of carbonyl (C=O) groups excluding carboxylic acids is 2. The number of hydrogen-bond acceptors (Lipinski definition) is 6. The minimum atomic E-state index is -2.71. The molecule has 0 bridgehead atoms. The summed E-state index contributed by atoms with van der Waals surface area (Å²) in [6, 6.07) is 9.95. The average molecular weight is 557 g/mol. The molecule has 0 radical (unpaired) electrons. The van der Waals surface area contributed by atoms with Crippen LogP contribution in [-0.4, -0.2) is 63.8 Å². The highest BCUT2D eigenvalue weighted by Gasteiger charge is 2.39. The highest BCUT2D eigenvalue weighted by atomic mass is 19.3. The molecule has 12 heteroatoms. The lowest BCUT2D eigenvalue weighted by Crippen LogP contribution is -2.37. The quantitative estimate of drug-likeness (QED) is 0.398. The Kier molecular flexibility index (Phi) is 8.15. The van der Waals surface area contributed by atoms with Gasteiger partial charge < -0.3 is 25.0 Å². The molecule has 3 aromatic rings. The van der Waals surface area contributed by atoms with Crippen LogP contribution in [0.1, 0.15) is 61.5 Å². The predicted molar refractivity (Wildman–Crippen MR) is 142 cm³/mol. The van der Waals surface area contributed by atoms with Gasteiger partial charge in [-0.15, -0.1) is 0 Å². The zero-order valence-corrected chi connectivity index (χ0v) is 22.6. The van der Waals surface area contributed by atoms with Crippen LogP contribution in [0.15, 0.2) is 48.8 Å². The smallest absolute Gasteiger partial charge is 0.408 e. The summed E-state index contributed by atoms with van der Waals surface area (Å²) in [4.78, 5) is 31.8. The number of benzene rings is 1. The zero-order valence-electron chi connectivity index (χ0n) is 22.6. The van der Waals surface area contributed by atoms with Gasteiger partial charge in [-0.1, -0.05) is 30.3 Å². The van der Waals surface area contributed by atoms with E-state index in [2.05, 4.69) is 15.7 Å². The lowest BCUT2D eigenvalue weighted by atomic mass is 9.81. The van der Waals surface area contributed by atoms with E-state index in [4.69, 9.17) is 14.5 Å². The normalized spacial score (nSPS) is 20.8. The molecule has 2 aromatic heterocycles. The first-order valence-corrected chi connectivity index (χ1v) is 13.5. The second kappa shape index (κ2) is 11.7. The summed E-state index contributed by atoms with van der Waals surface area (Å²) < 4.78 is 40.3. The number of urea groups is 1. The molecule has 1 saturated heterocycles. The Morgan fingerprint density at radius 1 is 1.25 bits per heavy atom. The van der Waals surface area contributed by atoms with Crippen molar-refractivity contribution in [2.45, 2.75) is 63.3 Å². The van der Waals surface area contributed by atoms with E-state index in [0.29, 0.717) is 17.9 Å². The minimum absolute atomic E-state index is 0.0120. The van der Waals surface area contributed by atoms with E-state index >= 15 is 0 Å². The van der Waals surface area contributed by atoms with E-state index in [-0.39, 0.29) is 62.9 Å². The molecule has 10 nitrogen and oxygen atoms in total. The van der Waals surface area contributed by atoms with Crippen LogP contribution in [0, 0.1) is 5.92 Å². The number of halogens is 2. The summed E-state index contributed by atoms with van der Waals surface area (Å²) in [5.41, 5.74) is 2.60. The maximum atomic E-state index is 14.0. The standard InChI is InChI=1S/C28H34F2N6O4/c1-18-14-35(26(37)32-18)23(17-39-2)21-12-24-33-22(15-36(24)31-13-21)25(20-8-10-28(29,30)11-9-20)34-27(38)40-16-19-6-4-3-5-7-19/h3-7,12-13,15,18,20,23,25H,8-11,14,16-17H2,1-2H3,(H,32,37)(H,34,38)/t18-,23?,25+/m1/s1. The SMILES string of the molecule is COCC(c1cnn2cc([C@@H](NC(=O)OCc3ccccc3)C3CCC(F)(F)CC3)nc2c1)N1C[C@@H](C)NC1=O. The highest BCUT2D eigenvalue weighted by Crippen LogP contribution is 2.41. The molecule has 214 valence electrons. The molecule has 0 spiro atoms. The summed E-state index contributed by atoms with van der Waals surface area (Å²) in [6.45, 7) is 2.82. The zero-order chi connectivity index (χ0) is 28.3. The topological polar surface area (TPSA) is 110 Å². The number of alkyl halides is 2. The Bertz CT molecular complexity index is 1330. The first-order valence-electron chi connectivity index (χ1n) is 13.5. The number of alkyl carbamates (subject to hydrolysis) is 1. The first-order chi connectivity index (χ1) is 19.2. The van der Waals surface area contributed by atoms with Gasteiger partial charge in [0, 0.05) is 38.1 Å². The third-order valence-electron chi connectivity index (χ3n) is 7.58. The molecule has 5 rings (SSSR count). The molecule has 40 heavy (non-hydrogen) atoms. The van der Waals surface area contributed by atoms with Crippen LogP contribution in [0.4, 0.5) is 18.4 Å². The molecule has 3 heterocycles. The number of aromatic nitrogens is 3. The lowest BCUT2D eigenvalue weighted by Gasteiger charge is -2.33. The lowest BCUT2D eigenvalue weighted by molar-refractivity contribution is -0.0497. The number of nitrogens with one attached hydrogen (secondary N) is 2. The number of fused-ring (bicyclic) bond motifs is 1. The van der Waals surface area contributed by atoms with Crippen LogP contribution >= 0.6 is 0 Å². The summed E-state index contributed by atoms with van der Waals surface area (Å²) >= 11 is 0. The van der Waals surface area contributed by atoms with Crippen molar-refractivity contribution in [3.8, 4) is 0 Å². The average Bonchev–Trinajstić information content (AvgIpc) is 3.51. The Hall–Kier alpha value is -3.80. The predicted octanol–water partition coefficient (Wildman–Crippen LogP) is 4.62. The van der Waals surface area contributed by atoms with Crippen molar-refractivity contribution in [2.75, 3.05) is 20.3 Å². The maximum Gasteiger partial charge on any atom is 0.408 e. The van der Waals surface area contributed by atoms with E-state index in [0.717, 1.165) is 11.1 Å². The van der Waals surface area contributed by atoms with E-state index in [1.165, 1.54) is 0 Å². The van der Waals surface area contributed by atoms with Gasteiger partial charge in [-0.2, -0.15) is 5.10 Å². The van der Waals surface area contributed by atoms with E-state index in [1.807, 2.05) is 43.3 Å². The van der Waals surface area contributed by atoms with Crippen LogP contribution in [0.2, 0.25) is 0 Å². The Morgan fingerprint density at radius 2 is 2.00 bits per heavy atom. The third kappa shape index (κ3) is 6.33. The van der Waals surface area contributed by atoms with Gasteiger partial charge >= 0.3 is 12.1 Å². The van der Waals surface area contributed by atoms with Gasteiger partial charge in [0.25, 0.3) is 0 Å². The molecule has 2 N–H and O–H groups in total. The van der Waals surface area contributed by atoms with Crippen molar-refractivity contribution in [1.29, 1.82) is 0 Å². The van der Waals surface area contributed by atoms with Gasteiger partial charge in [0.1, 0.15) is 6.61 Å². The molecule has 3 amide bonds. The number of methoxy groups -OCH3 is 1. The number of imidazole rings is 1. The van der Waals surface area contributed by atoms with Crippen molar-refractivity contribution < 1.29 is 27.8 Å². The van der Waals surface area contributed by atoms with E-state index in [1.54, 1.807) is 28.9 Å². The van der Waals surface area contributed by atoms with Crippen LogP contribution < -0.4 is 10.6 Å². The molecular formula is C28H34F2N6O4. The summed E-state index contributed by atoms with van der Waals surface area (Å²) in [7, 11) is 1.57. The molecule has 1 aliphatic carbocycles. The number of nitrogens with zero attached hydrogens (tertiary/aromatic N) is 4. The van der Waals surface area contributed by atoms with Crippen LogP contribution in [0.5, 0.6) is 0 Å². The fourth-order valence-electron chi connectivity index (χ4n) is 5.47. The number of ether oxygens (including phenoxy) is 2. The highest BCUT2D eigenvalue weighted by molar-refractivity contribution is 5.77. The summed E-state index contributed by atoms with van der Waals surface area (Å²) in [5.74, 6) is -2.95. The number of hydrogen-bond donors (Lipinski definition) is 2. The van der Waals surface area contributed by atoms with Crippen LogP contribution in [0.3, 0.4) is 0 Å². The van der Waals surface area contributed by atoms with E-state index in [9.17, 15) is 18.4 Å². The molecule has 2 aliphatic rings. The van der Waals surface area contributed by atoms with Crippen molar-refractivity contribution in [3.63, 3.8) is 0 Å². The molecule has 1 aromatic carbocycles. The number of carbonyl (C=O) groups is 2. The van der Waals surface area contributed by atoms with Crippen molar-refractivity contribution in [1.82, 2.24) is 30.1 Å². The fraction of sp³-hybridized carbons (Fsp3) is 0.500. The van der Waals surface area contributed by atoms with Gasteiger partial charge in [0.15, 0.2) is 5.65 Å². The second-order valence-electron chi connectivity index (χ2n) is 10.6. The van der Waals surface area contributed by atoms with Gasteiger partial charge in [0.2, 0.25) is 5.92 Å². The van der Waals surface area contributed by atoms with Crippen LogP contribution in [-0.2, 0) is 16.1 Å². The maximum absolute atomic E-state index is 14.0. The monoisotopic (exact) mass is 556 g/mol. The van der Waals surface area contributed by atoms with E-state index < -0.39 is 18.1 Å².